The molecule has 0 unspecified atom stereocenters. The molecule has 0 aromatic heterocycles. The van der Waals surface area contributed by atoms with Crippen molar-refractivity contribution in [2.75, 3.05) is 26.2 Å². The van der Waals surface area contributed by atoms with Gasteiger partial charge in [-0.3, -0.25) is 19.9 Å². The molecule has 0 bridgehead atoms. The van der Waals surface area contributed by atoms with Crippen LogP contribution < -0.4 is 10.7 Å². The van der Waals surface area contributed by atoms with Gasteiger partial charge in [-0.2, -0.15) is 0 Å². The molecule has 0 saturated carbocycles. The van der Waals surface area contributed by atoms with Crippen LogP contribution in [0.15, 0.2) is 60.7 Å². The minimum absolute atomic E-state index is 0.00579. The third kappa shape index (κ3) is 4.84. The number of carbonyl (C=O) groups is 2. The van der Waals surface area contributed by atoms with Crippen LogP contribution in [-0.2, 0) is 22.6 Å². The van der Waals surface area contributed by atoms with Crippen LogP contribution in [0.3, 0.4) is 0 Å². The predicted octanol–water partition coefficient (Wildman–Crippen LogP) is 1.94. The quantitative estimate of drug-likeness (QED) is 0.791. The Kier molecular flexibility index (Phi) is 5.91. The maximum atomic E-state index is 12.4. The van der Waals surface area contributed by atoms with Crippen LogP contribution in [0.2, 0.25) is 0 Å². The van der Waals surface area contributed by atoms with Gasteiger partial charge in [0, 0.05) is 32.6 Å². The van der Waals surface area contributed by atoms with Gasteiger partial charge in [0.1, 0.15) is 6.54 Å². The van der Waals surface area contributed by atoms with Crippen LogP contribution in [0.5, 0.6) is 0 Å². The molecular weight excluding hydrogens is 364 g/mol. The lowest BCUT2D eigenvalue weighted by Gasteiger charge is -2.30. The maximum absolute atomic E-state index is 12.4. The van der Waals surface area contributed by atoms with Gasteiger partial charge in [0.25, 0.3) is 0 Å². The van der Waals surface area contributed by atoms with E-state index in [1.54, 1.807) is 0 Å². The molecule has 0 aliphatic carbocycles. The van der Waals surface area contributed by atoms with E-state index in [1.165, 1.54) is 16.1 Å². The number of carbonyl (C=O) groups excluding carboxylic acids is 2. The van der Waals surface area contributed by atoms with E-state index < -0.39 is 0 Å². The smallest absolute Gasteiger partial charge is 0.245 e. The largest absolute Gasteiger partial charge is 0.353 e. The third-order valence-corrected chi connectivity index (χ3v) is 5.38. The van der Waals surface area contributed by atoms with E-state index in [2.05, 4.69) is 39.9 Å². The number of fused-ring (bicyclic) bond motifs is 1. The Labute approximate surface area is 171 Å². The molecule has 2 aliphatic heterocycles. The lowest BCUT2D eigenvalue weighted by atomic mass is 10.00. The normalized spacial score (nSPS) is 16.6. The summed E-state index contributed by atoms with van der Waals surface area (Å²) in [4.78, 5) is 26.9. The van der Waals surface area contributed by atoms with Crippen LogP contribution in [0.4, 0.5) is 0 Å². The number of amides is 2. The van der Waals surface area contributed by atoms with E-state index in [4.69, 9.17) is 0 Å². The molecule has 2 aliphatic rings. The highest BCUT2D eigenvalue weighted by molar-refractivity contribution is 5.88. The fourth-order valence-electron chi connectivity index (χ4n) is 3.78. The maximum Gasteiger partial charge on any atom is 0.245 e. The zero-order valence-corrected chi connectivity index (χ0v) is 16.4. The third-order valence-electron chi connectivity index (χ3n) is 5.38. The van der Waals surface area contributed by atoms with Gasteiger partial charge in [-0.1, -0.05) is 54.6 Å². The fourth-order valence-corrected chi connectivity index (χ4v) is 3.78. The van der Waals surface area contributed by atoms with Crippen molar-refractivity contribution in [1.29, 1.82) is 0 Å². The van der Waals surface area contributed by atoms with E-state index in [0.29, 0.717) is 6.54 Å². The number of rotatable bonds is 6. The van der Waals surface area contributed by atoms with Crippen molar-refractivity contribution in [3.8, 4) is 0 Å². The van der Waals surface area contributed by atoms with Crippen molar-refractivity contribution in [2.24, 2.45) is 0 Å². The fraction of sp³-hybridized carbons (Fsp3) is 0.304. The molecular formula is C23H26N4O2. The number of nitrogens with zero attached hydrogens (tertiary/aromatic N) is 2. The Morgan fingerprint density at radius 3 is 2.62 bits per heavy atom. The highest BCUT2D eigenvalue weighted by atomic mass is 16.2. The monoisotopic (exact) mass is 390 g/mol. The Bertz CT molecular complexity index is 910. The second kappa shape index (κ2) is 8.92. The Morgan fingerprint density at radius 1 is 1.03 bits per heavy atom. The molecule has 29 heavy (non-hydrogen) atoms. The van der Waals surface area contributed by atoms with Gasteiger partial charge in [0.05, 0.1) is 5.70 Å². The molecule has 2 aromatic rings. The lowest BCUT2D eigenvalue weighted by Crippen LogP contribution is -2.50. The molecule has 2 N–H and O–H groups in total. The minimum atomic E-state index is -0.155. The average molecular weight is 390 g/mol. The summed E-state index contributed by atoms with van der Waals surface area (Å²) < 4.78 is 0. The van der Waals surface area contributed by atoms with E-state index in [1.807, 2.05) is 36.4 Å². The summed E-state index contributed by atoms with van der Waals surface area (Å²) in [5, 5.41) is 4.34. The van der Waals surface area contributed by atoms with E-state index >= 15 is 0 Å². The molecule has 2 amide bonds. The summed E-state index contributed by atoms with van der Waals surface area (Å²) in [7, 11) is 0. The molecule has 150 valence electrons. The Hall–Kier alpha value is -3.12. The van der Waals surface area contributed by atoms with Crippen LogP contribution >= 0.6 is 0 Å². The second-order valence-electron chi connectivity index (χ2n) is 7.42. The van der Waals surface area contributed by atoms with Gasteiger partial charge >= 0.3 is 0 Å². The Morgan fingerprint density at radius 2 is 1.79 bits per heavy atom. The molecule has 0 atom stereocenters. The minimum Gasteiger partial charge on any atom is -0.353 e. The SMILES string of the molecule is O=C(CN1NC(c2ccccc2)=CCC1=O)NCCN1CCc2ccccc2C1. The molecule has 0 spiro atoms. The first-order valence-electron chi connectivity index (χ1n) is 10.1. The van der Waals surface area contributed by atoms with E-state index in [9.17, 15) is 9.59 Å². The van der Waals surface area contributed by atoms with Gasteiger partial charge in [-0.15, -0.1) is 0 Å². The number of benzene rings is 2. The summed E-state index contributed by atoms with van der Waals surface area (Å²) in [6.07, 6.45) is 3.20. The molecule has 2 aromatic carbocycles. The molecule has 4 rings (SSSR count). The number of hydrogen-bond acceptors (Lipinski definition) is 4. The predicted molar refractivity (Wildman–Crippen MR) is 112 cm³/mol. The summed E-state index contributed by atoms with van der Waals surface area (Å²) >= 11 is 0. The first kappa shape index (κ1) is 19.2. The van der Waals surface area contributed by atoms with Crippen molar-refractivity contribution < 1.29 is 9.59 Å². The van der Waals surface area contributed by atoms with Crippen molar-refractivity contribution >= 4 is 17.5 Å². The second-order valence-corrected chi connectivity index (χ2v) is 7.42. The summed E-state index contributed by atoms with van der Waals surface area (Å²) in [6.45, 7) is 3.31. The van der Waals surface area contributed by atoms with Gasteiger partial charge < -0.3 is 5.32 Å². The molecule has 2 heterocycles. The molecule has 0 saturated heterocycles. The van der Waals surface area contributed by atoms with Crippen LogP contribution in [0, 0.1) is 0 Å². The van der Waals surface area contributed by atoms with Crippen LogP contribution in [-0.4, -0.2) is 47.9 Å². The summed E-state index contributed by atoms with van der Waals surface area (Å²) in [6, 6.07) is 18.3. The van der Waals surface area contributed by atoms with Crippen molar-refractivity contribution in [1.82, 2.24) is 20.7 Å². The van der Waals surface area contributed by atoms with Crippen LogP contribution in [0.25, 0.3) is 5.70 Å². The molecule has 0 fully saturated rings. The van der Waals surface area contributed by atoms with Crippen LogP contribution in [0.1, 0.15) is 23.1 Å². The van der Waals surface area contributed by atoms with Gasteiger partial charge in [-0.05, 0) is 29.2 Å². The Balaban J connectivity index is 1.24. The molecule has 6 heteroatoms. The highest BCUT2D eigenvalue weighted by Gasteiger charge is 2.22. The average Bonchev–Trinajstić information content (AvgIpc) is 2.76. The molecule has 0 radical (unpaired) electrons. The van der Waals surface area contributed by atoms with Gasteiger partial charge in [-0.25, -0.2) is 5.01 Å². The van der Waals surface area contributed by atoms with Crippen molar-refractivity contribution in [3.05, 3.63) is 77.4 Å². The first-order valence-corrected chi connectivity index (χ1v) is 10.1. The lowest BCUT2D eigenvalue weighted by molar-refractivity contribution is -0.137. The summed E-state index contributed by atoms with van der Waals surface area (Å²) in [5.41, 5.74) is 7.71. The summed E-state index contributed by atoms with van der Waals surface area (Å²) in [5.74, 6) is -0.259. The van der Waals surface area contributed by atoms with Crippen molar-refractivity contribution in [2.45, 2.75) is 19.4 Å². The van der Waals surface area contributed by atoms with E-state index in [0.717, 1.165) is 37.3 Å². The van der Waals surface area contributed by atoms with Crippen molar-refractivity contribution in [3.63, 3.8) is 0 Å². The highest BCUT2D eigenvalue weighted by Crippen LogP contribution is 2.18. The number of hydrogen-bond donors (Lipinski definition) is 2. The number of nitrogens with one attached hydrogen (secondary N) is 2. The van der Waals surface area contributed by atoms with Gasteiger partial charge in [0.15, 0.2) is 0 Å². The van der Waals surface area contributed by atoms with Gasteiger partial charge in [0.2, 0.25) is 11.8 Å². The zero-order chi connectivity index (χ0) is 20.1. The number of hydrazine groups is 1. The molecule has 6 nitrogen and oxygen atoms in total. The topological polar surface area (TPSA) is 64.7 Å². The van der Waals surface area contributed by atoms with E-state index in [-0.39, 0.29) is 24.8 Å². The standard InChI is InChI=1S/C23H26N4O2/c28-22(24-13-15-26-14-12-18-6-4-5-9-20(18)16-26)17-27-23(29)11-10-21(25-27)19-7-2-1-3-8-19/h1-10,25H,11-17H2,(H,24,28). The first-order chi connectivity index (χ1) is 14.2. The zero-order valence-electron chi connectivity index (χ0n) is 16.4.